The summed E-state index contributed by atoms with van der Waals surface area (Å²) in [6.07, 6.45) is 6.53. The molecule has 116 valence electrons. The number of hydrogen-bond donors (Lipinski definition) is 1. The average Bonchev–Trinajstić information content (AvgIpc) is 2.71. The molecule has 3 heterocycles. The Bertz CT molecular complexity index is 312. The summed E-state index contributed by atoms with van der Waals surface area (Å²) in [5.41, 5.74) is 0. The lowest BCUT2D eigenvalue weighted by Gasteiger charge is -2.41. The third-order valence-electron chi connectivity index (χ3n) is 5.63. The van der Waals surface area contributed by atoms with Crippen LogP contribution in [0.1, 0.15) is 39.0 Å². The van der Waals surface area contributed by atoms with Crippen molar-refractivity contribution >= 4 is 0 Å². The van der Waals surface area contributed by atoms with Crippen molar-refractivity contribution in [3.8, 4) is 0 Å². The fourth-order valence-corrected chi connectivity index (χ4v) is 4.29. The van der Waals surface area contributed by atoms with Crippen LogP contribution in [0.25, 0.3) is 0 Å². The molecule has 0 spiro atoms. The number of nitrogens with zero attached hydrogens (tertiary/aromatic N) is 2. The second kappa shape index (κ2) is 6.73. The topological polar surface area (TPSA) is 27.7 Å². The molecule has 0 aromatic heterocycles. The molecule has 3 aliphatic heterocycles. The molecule has 4 heteroatoms. The van der Waals surface area contributed by atoms with Crippen LogP contribution in [-0.4, -0.2) is 73.9 Å². The third kappa shape index (κ3) is 3.03. The van der Waals surface area contributed by atoms with E-state index in [1.165, 1.54) is 45.2 Å². The van der Waals surface area contributed by atoms with E-state index in [1.54, 1.807) is 0 Å². The first-order valence-electron chi connectivity index (χ1n) is 8.56. The van der Waals surface area contributed by atoms with E-state index in [0.29, 0.717) is 12.1 Å². The molecule has 0 aliphatic carbocycles. The van der Waals surface area contributed by atoms with Gasteiger partial charge in [0, 0.05) is 43.9 Å². The molecular weight excluding hydrogens is 250 g/mol. The number of likely N-dealkylation sites (tertiary alicyclic amines) is 1. The van der Waals surface area contributed by atoms with Gasteiger partial charge in [0.1, 0.15) is 0 Å². The Balaban J connectivity index is 1.64. The van der Waals surface area contributed by atoms with E-state index < -0.39 is 0 Å². The van der Waals surface area contributed by atoms with Crippen molar-refractivity contribution in [3.05, 3.63) is 0 Å². The predicted molar refractivity (Wildman–Crippen MR) is 82.1 cm³/mol. The van der Waals surface area contributed by atoms with Crippen LogP contribution in [0.2, 0.25) is 0 Å². The summed E-state index contributed by atoms with van der Waals surface area (Å²) < 4.78 is 5.80. The number of ether oxygens (including phenoxy) is 1. The van der Waals surface area contributed by atoms with Gasteiger partial charge in [-0.2, -0.15) is 0 Å². The van der Waals surface area contributed by atoms with Gasteiger partial charge in [-0.05, 0) is 45.7 Å². The molecule has 0 saturated carbocycles. The van der Waals surface area contributed by atoms with Gasteiger partial charge in [0.2, 0.25) is 0 Å². The molecule has 20 heavy (non-hydrogen) atoms. The highest BCUT2D eigenvalue weighted by molar-refractivity contribution is 4.96. The van der Waals surface area contributed by atoms with Crippen LogP contribution in [0, 0.1) is 0 Å². The second-order valence-electron chi connectivity index (χ2n) is 6.83. The van der Waals surface area contributed by atoms with Crippen LogP contribution in [-0.2, 0) is 4.74 Å². The van der Waals surface area contributed by atoms with Gasteiger partial charge in [-0.25, -0.2) is 0 Å². The van der Waals surface area contributed by atoms with Crippen LogP contribution in [0.15, 0.2) is 0 Å². The summed E-state index contributed by atoms with van der Waals surface area (Å²) in [5.74, 6) is 0. The summed E-state index contributed by atoms with van der Waals surface area (Å²) in [6, 6.07) is 2.82. The fourth-order valence-electron chi connectivity index (χ4n) is 4.29. The molecule has 0 amide bonds. The molecule has 3 fully saturated rings. The van der Waals surface area contributed by atoms with Crippen molar-refractivity contribution in [2.24, 2.45) is 0 Å². The molecule has 3 rings (SSSR count). The van der Waals surface area contributed by atoms with Crippen molar-refractivity contribution in [2.75, 3.05) is 39.9 Å². The summed E-state index contributed by atoms with van der Waals surface area (Å²) in [7, 11) is 2.33. The first kappa shape index (κ1) is 14.8. The second-order valence-corrected chi connectivity index (χ2v) is 6.83. The normalized spacial score (nSPS) is 39.9. The summed E-state index contributed by atoms with van der Waals surface area (Å²) >= 11 is 0. The monoisotopic (exact) mass is 281 g/mol. The van der Waals surface area contributed by atoms with Gasteiger partial charge >= 0.3 is 0 Å². The van der Waals surface area contributed by atoms with Crippen molar-refractivity contribution in [2.45, 2.75) is 63.2 Å². The molecular formula is C16H31N3O. The largest absolute Gasteiger partial charge is 0.380 e. The number of nitrogens with one attached hydrogen (secondary N) is 1. The van der Waals surface area contributed by atoms with E-state index in [-0.39, 0.29) is 0 Å². The Labute approximate surface area is 123 Å². The SMILES string of the molecule is CCCNC1CCOCC1N1CCC2CCC(C1)N2C. The van der Waals surface area contributed by atoms with E-state index in [0.717, 1.165) is 31.8 Å². The minimum Gasteiger partial charge on any atom is -0.380 e. The summed E-state index contributed by atoms with van der Waals surface area (Å²) in [6.45, 7) is 7.73. The lowest BCUT2D eigenvalue weighted by molar-refractivity contribution is -0.00575. The Morgan fingerprint density at radius 1 is 1.15 bits per heavy atom. The zero-order valence-electron chi connectivity index (χ0n) is 13.2. The van der Waals surface area contributed by atoms with Gasteiger partial charge in [-0.3, -0.25) is 9.80 Å². The number of hydrogen-bond acceptors (Lipinski definition) is 4. The Morgan fingerprint density at radius 3 is 2.85 bits per heavy atom. The summed E-state index contributed by atoms with van der Waals surface area (Å²) in [5, 5.41) is 3.76. The van der Waals surface area contributed by atoms with Crippen LogP contribution in [0.3, 0.4) is 0 Å². The van der Waals surface area contributed by atoms with E-state index in [4.69, 9.17) is 4.74 Å². The van der Waals surface area contributed by atoms with Gasteiger partial charge in [0.25, 0.3) is 0 Å². The molecule has 1 N–H and O–H groups in total. The quantitative estimate of drug-likeness (QED) is 0.841. The number of rotatable bonds is 4. The minimum atomic E-state index is 0.586. The Kier molecular flexibility index (Phi) is 4.97. The molecule has 0 aromatic rings. The zero-order chi connectivity index (χ0) is 13.9. The highest BCUT2D eigenvalue weighted by atomic mass is 16.5. The van der Waals surface area contributed by atoms with E-state index >= 15 is 0 Å². The van der Waals surface area contributed by atoms with Crippen molar-refractivity contribution in [1.29, 1.82) is 0 Å². The fraction of sp³-hybridized carbons (Fsp3) is 1.00. The van der Waals surface area contributed by atoms with Gasteiger partial charge < -0.3 is 10.1 Å². The molecule has 4 unspecified atom stereocenters. The van der Waals surface area contributed by atoms with Crippen LogP contribution in [0.4, 0.5) is 0 Å². The average molecular weight is 281 g/mol. The minimum absolute atomic E-state index is 0.586. The molecule has 0 radical (unpaired) electrons. The molecule has 4 nitrogen and oxygen atoms in total. The van der Waals surface area contributed by atoms with E-state index in [2.05, 4.69) is 29.1 Å². The molecule has 0 aromatic carbocycles. The lowest BCUT2D eigenvalue weighted by Crippen LogP contribution is -2.57. The maximum absolute atomic E-state index is 5.80. The van der Waals surface area contributed by atoms with E-state index in [1.807, 2.05) is 0 Å². The van der Waals surface area contributed by atoms with Crippen molar-refractivity contribution in [1.82, 2.24) is 15.1 Å². The van der Waals surface area contributed by atoms with Crippen LogP contribution >= 0.6 is 0 Å². The van der Waals surface area contributed by atoms with Gasteiger partial charge in [0.15, 0.2) is 0 Å². The first-order chi connectivity index (χ1) is 9.79. The highest BCUT2D eigenvalue weighted by Gasteiger charge is 2.39. The Hall–Kier alpha value is -0.160. The first-order valence-corrected chi connectivity index (χ1v) is 8.56. The number of fused-ring (bicyclic) bond motifs is 2. The van der Waals surface area contributed by atoms with Crippen LogP contribution < -0.4 is 5.32 Å². The highest BCUT2D eigenvalue weighted by Crippen LogP contribution is 2.30. The summed E-state index contributed by atoms with van der Waals surface area (Å²) in [4.78, 5) is 5.37. The zero-order valence-corrected chi connectivity index (χ0v) is 13.2. The third-order valence-corrected chi connectivity index (χ3v) is 5.63. The molecule has 2 bridgehead atoms. The standard InChI is InChI=1S/C16H31N3O/c1-3-8-17-15-7-10-20-12-16(15)19-9-6-13-4-5-14(11-19)18(13)2/h13-17H,3-12H2,1-2H3. The van der Waals surface area contributed by atoms with Crippen LogP contribution in [0.5, 0.6) is 0 Å². The van der Waals surface area contributed by atoms with Crippen molar-refractivity contribution in [3.63, 3.8) is 0 Å². The maximum Gasteiger partial charge on any atom is 0.0637 e. The van der Waals surface area contributed by atoms with Gasteiger partial charge in [0.05, 0.1) is 6.61 Å². The maximum atomic E-state index is 5.80. The van der Waals surface area contributed by atoms with Crippen molar-refractivity contribution < 1.29 is 4.74 Å². The molecule has 3 saturated heterocycles. The van der Waals surface area contributed by atoms with E-state index in [9.17, 15) is 0 Å². The molecule has 4 atom stereocenters. The van der Waals surface area contributed by atoms with Gasteiger partial charge in [-0.1, -0.05) is 6.92 Å². The lowest BCUT2D eigenvalue weighted by atomic mass is 9.99. The Morgan fingerprint density at radius 2 is 2.00 bits per heavy atom. The molecule has 3 aliphatic rings. The smallest absolute Gasteiger partial charge is 0.0637 e. The number of likely N-dealkylation sites (N-methyl/N-ethyl adjacent to an activating group) is 1. The predicted octanol–water partition coefficient (Wildman–Crippen LogP) is 1.31. The van der Waals surface area contributed by atoms with Gasteiger partial charge in [-0.15, -0.1) is 0 Å².